The van der Waals surface area contributed by atoms with E-state index in [1.54, 1.807) is 13.2 Å². The third-order valence-electron chi connectivity index (χ3n) is 2.26. The third-order valence-corrected chi connectivity index (χ3v) is 2.26. The summed E-state index contributed by atoms with van der Waals surface area (Å²) in [6.45, 7) is 4.25. The van der Waals surface area contributed by atoms with Crippen LogP contribution in [-0.4, -0.2) is 33.5 Å². The summed E-state index contributed by atoms with van der Waals surface area (Å²) in [5.41, 5.74) is 0.810. The lowest BCUT2D eigenvalue weighted by Crippen LogP contribution is -2.07. The van der Waals surface area contributed by atoms with Crippen LogP contribution in [0.1, 0.15) is 12.0 Å². The topological polar surface area (TPSA) is 27.7 Å². The van der Waals surface area contributed by atoms with Crippen LogP contribution in [-0.2, 0) is 9.47 Å². The second-order valence-electron chi connectivity index (χ2n) is 3.72. The molecule has 17 heavy (non-hydrogen) atoms. The third kappa shape index (κ3) is 5.65. The van der Waals surface area contributed by atoms with Gasteiger partial charge in [0, 0.05) is 20.1 Å². The number of halogens is 1. The molecule has 0 aliphatic carbocycles. The molecule has 0 bridgehead atoms. The maximum absolute atomic E-state index is 12.8. The summed E-state index contributed by atoms with van der Waals surface area (Å²) in [5.74, 6) is 0.487. The molecule has 1 rings (SSSR count). The Balaban J connectivity index is 2.14. The lowest BCUT2D eigenvalue weighted by Gasteiger charge is -2.09. The molecule has 1 aromatic carbocycles. The van der Waals surface area contributed by atoms with Crippen molar-refractivity contribution < 1.29 is 18.6 Å². The van der Waals surface area contributed by atoms with Crippen LogP contribution in [0.2, 0.25) is 0 Å². The highest BCUT2D eigenvalue weighted by Gasteiger charge is 2.00. The zero-order chi connectivity index (χ0) is 12.5. The molecule has 0 radical (unpaired) electrons. The van der Waals surface area contributed by atoms with E-state index in [1.165, 1.54) is 12.1 Å². The van der Waals surface area contributed by atoms with Crippen molar-refractivity contribution in [2.75, 3.05) is 33.5 Å². The van der Waals surface area contributed by atoms with Gasteiger partial charge in [-0.3, -0.25) is 0 Å². The van der Waals surface area contributed by atoms with Crippen molar-refractivity contribution in [3.63, 3.8) is 0 Å². The maximum Gasteiger partial charge on any atom is 0.123 e. The molecule has 0 saturated carbocycles. The summed E-state index contributed by atoms with van der Waals surface area (Å²) in [7, 11) is 1.64. The minimum Gasteiger partial charge on any atom is -0.493 e. The number of rotatable bonds is 8. The Morgan fingerprint density at radius 1 is 1.12 bits per heavy atom. The van der Waals surface area contributed by atoms with Crippen molar-refractivity contribution in [1.29, 1.82) is 0 Å². The highest BCUT2D eigenvalue weighted by molar-refractivity contribution is 5.32. The van der Waals surface area contributed by atoms with Crippen LogP contribution in [0.15, 0.2) is 18.2 Å². The largest absolute Gasteiger partial charge is 0.493 e. The van der Waals surface area contributed by atoms with Gasteiger partial charge < -0.3 is 14.2 Å². The Labute approximate surface area is 101 Å². The predicted octanol–water partition coefficient (Wildman–Crippen LogP) is 2.57. The number of aryl methyl sites for hydroxylation is 1. The van der Waals surface area contributed by atoms with Gasteiger partial charge in [0.1, 0.15) is 11.6 Å². The van der Waals surface area contributed by atoms with Crippen LogP contribution < -0.4 is 4.74 Å². The summed E-state index contributed by atoms with van der Waals surface area (Å²) in [6.07, 6.45) is 0.806. The molecule has 0 amide bonds. The highest BCUT2D eigenvalue weighted by Crippen LogP contribution is 2.18. The monoisotopic (exact) mass is 242 g/mol. The van der Waals surface area contributed by atoms with Gasteiger partial charge in [-0.15, -0.1) is 0 Å². The van der Waals surface area contributed by atoms with Crippen molar-refractivity contribution in [1.82, 2.24) is 0 Å². The molecule has 0 aromatic heterocycles. The van der Waals surface area contributed by atoms with Gasteiger partial charge in [-0.2, -0.15) is 0 Å². The smallest absolute Gasteiger partial charge is 0.123 e. The van der Waals surface area contributed by atoms with Gasteiger partial charge in [0.2, 0.25) is 0 Å². The number of methoxy groups -OCH3 is 1. The first kappa shape index (κ1) is 13.9. The van der Waals surface area contributed by atoms with E-state index < -0.39 is 0 Å². The molecule has 0 saturated heterocycles. The van der Waals surface area contributed by atoms with E-state index in [9.17, 15) is 4.39 Å². The fourth-order valence-corrected chi connectivity index (χ4v) is 1.36. The lowest BCUT2D eigenvalue weighted by atomic mass is 10.2. The predicted molar refractivity (Wildman–Crippen MR) is 63.9 cm³/mol. The van der Waals surface area contributed by atoms with E-state index in [0.717, 1.165) is 17.7 Å². The van der Waals surface area contributed by atoms with Crippen LogP contribution in [0.5, 0.6) is 5.75 Å². The summed E-state index contributed by atoms with van der Waals surface area (Å²) in [4.78, 5) is 0. The van der Waals surface area contributed by atoms with Gasteiger partial charge in [-0.1, -0.05) is 0 Å². The molecule has 3 nitrogen and oxygen atoms in total. The zero-order valence-electron chi connectivity index (χ0n) is 10.4. The first-order valence-corrected chi connectivity index (χ1v) is 5.69. The Hall–Kier alpha value is -1.13. The Kier molecular flexibility index (Phi) is 6.58. The normalized spacial score (nSPS) is 10.5. The minimum atomic E-state index is -0.238. The second-order valence-corrected chi connectivity index (χ2v) is 3.72. The van der Waals surface area contributed by atoms with Crippen LogP contribution in [0.3, 0.4) is 0 Å². The lowest BCUT2D eigenvalue weighted by molar-refractivity contribution is 0.0644. The van der Waals surface area contributed by atoms with E-state index in [2.05, 4.69) is 0 Å². The van der Waals surface area contributed by atoms with Crippen LogP contribution in [0.25, 0.3) is 0 Å². The Morgan fingerprint density at radius 3 is 2.65 bits per heavy atom. The van der Waals surface area contributed by atoms with Gasteiger partial charge in [-0.25, -0.2) is 4.39 Å². The van der Waals surface area contributed by atoms with E-state index in [4.69, 9.17) is 14.2 Å². The molecule has 0 fully saturated rings. The van der Waals surface area contributed by atoms with Crippen molar-refractivity contribution in [3.8, 4) is 5.75 Å². The van der Waals surface area contributed by atoms with E-state index >= 15 is 0 Å². The van der Waals surface area contributed by atoms with Crippen molar-refractivity contribution >= 4 is 0 Å². The second kappa shape index (κ2) is 8.03. The molecule has 0 spiro atoms. The average Bonchev–Trinajstić information content (AvgIpc) is 2.30. The quantitative estimate of drug-likeness (QED) is 0.656. The molecule has 4 heteroatoms. The van der Waals surface area contributed by atoms with Gasteiger partial charge in [-0.05, 0) is 30.7 Å². The first-order valence-electron chi connectivity index (χ1n) is 5.69. The van der Waals surface area contributed by atoms with Crippen LogP contribution in [0, 0.1) is 12.7 Å². The molecular weight excluding hydrogens is 223 g/mol. The summed E-state index contributed by atoms with van der Waals surface area (Å²) >= 11 is 0. The highest BCUT2D eigenvalue weighted by atomic mass is 19.1. The summed E-state index contributed by atoms with van der Waals surface area (Å²) < 4.78 is 28.5. The maximum atomic E-state index is 12.8. The van der Waals surface area contributed by atoms with Crippen molar-refractivity contribution in [3.05, 3.63) is 29.6 Å². The van der Waals surface area contributed by atoms with Gasteiger partial charge in [0.05, 0.1) is 19.8 Å². The molecule has 0 atom stereocenters. The fourth-order valence-electron chi connectivity index (χ4n) is 1.36. The molecule has 0 N–H and O–H groups in total. The summed E-state index contributed by atoms with van der Waals surface area (Å²) in [5, 5.41) is 0. The SMILES string of the molecule is COCCOCCCOc1ccc(F)cc1C. The van der Waals surface area contributed by atoms with E-state index in [1.807, 2.05) is 6.92 Å². The average molecular weight is 242 g/mol. The molecule has 96 valence electrons. The standard InChI is InChI=1S/C13H19FO3/c1-11-10-12(14)4-5-13(11)17-7-3-6-16-9-8-15-2/h4-5,10H,3,6-9H2,1-2H3. The Morgan fingerprint density at radius 2 is 1.94 bits per heavy atom. The number of benzene rings is 1. The summed E-state index contributed by atoms with van der Waals surface area (Å²) in [6, 6.07) is 4.51. The van der Waals surface area contributed by atoms with Crippen molar-refractivity contribution in [2.45, 2.75) is 13.3 Å². The molecule has 0 aliphatic heterocycles. The van der Waals surface area contributed by atoms with Crippen LogP contribution >= 0.6 is 0 Å². The van der Waals surface area contributed by atoms with E-state index in [-0.39, 0.29) is 5.82 Å². The van der Waals surface area contributed by atoms with E-state index in [0.29, 0.717) is 26.4 Å². The molecule has 0 aliphatic rings. The first-order chi connectivity index (χ1) is 8.24. The molecular formula is C13H19FO3. The van der Waals surface area contributed by atoms with Gasteiger partial charge in [0.25, 0.3) is 0 Å². The Bertz CT molecular complexity index is 328. The van der Waals surface area contributed by atoms with Crippen LogP contribution in [0.4, 0.5) is 4.39 Å². The van der Waals surface area contributed by atoms with Gasteiger partial charge >= 0.3 is 0 Å². The fraction of sp³-hybridized carbons (Fsp3) is 0.538. The number of ether oxygens (including phenoxy) is 3. The molecule has 0 heterocycles. The van der Waals surface area contributed by atoms with Gasteiger partial charge in [0.15, 0.2) is 0 Å². The minimum absolute atomic E-state index is 0.238. The zero-order valence-corrected chi connectivity index (χ0v) is 10.4. The number of hydrogen-bond donors (Lipinski definition) is 0. The molecule has 1 aromatic rings. The molecule has 0 unspecified atom stereocenters. The number of hydrogen-bond acceptors (Lipinski definition) is 3. The van der Waals surface area contributed by atoms with Crippen molar-refractivity contribution in [2.24, 2.45) is 0 Å².